The van der Waals surface area contributed by atoms with Gasteiger partial charge >= 0.3 is 0 Å². The predicted molar refractivity (Wildman–Crippen MR) is 112 cm³/mol. The molecule has 27 heavy (non-hydrogen) atoms. The molecule has 1 atom stereocenters. The number of rotatable bonds is 8. The zero-order chi connectivity index (χ0) is 19.1. The number of aliphatic imine (C=N–C) groups is 1. The van der Waals surface area contributed by atoms with E-state index in [4.69, 9.17) is 4.99 Å². The van der Waals surface area contributed by atoms with Gasteiger partial charge in [0.1, 0.15) is 12.1 Å². The second-order valence-electron chi connectivity index (χ2n) is 6.26. The zero-order valence-electron chi connectivity index (χ0n) is 15.9. The fourth-order valence-corrected chi connectivity index (χ4v) is 3.48. The number of guanidine groups is 1. The first kappa shape index (κ1) is 19.1. The minimum atomic E-state index is 0.407. The van der Waals surface area contributed by atoms with Crippen molar-refractivity contribution in [2.45, 2.75) is 19.8 Å². The molecule has 3 heterocycles. The van der Waals surface area contributed by atoms with Crippen molar-refractivity contribution in [1.29, 1.82) is 0 Å². The van der Waals surface area contributed by atoms with E-state index in [1.807, 2.05) is 7.05 Å². The average molecular weight is 387 g/mol. The number of aromatic nitrogens is 4. The molecule has 3 aromatic heterocycles. The number of hydrogen-bond acceptors (Lipinski definition) is 6. The van der Waals surface area contributed by atoms with E-state index in [0.29, 0.717) is 12.5 Å². The van der Waals surface area contributed by atoms with E-state index in [1.165, 1.54) is 5.56 Å². The van der Waals surface area contributed by atoms with Crippen LogP contribution in [-0.2, 0) is 7.05 Å². The van der Waals surface area contributed by atoms with Gasteiger partial charge in [0.05, 0.1) is 11.6 Å². The van der Waals surface area contributed by atoms with E-state index in [2.05, 4.69) is 61.7 Å². The summed E-state index contributed by atoms with van der Waals surface area (Å²) in [7, 11) is 1.87. The second-order valence-corrected chi connectivity index (χ2v) is 7.04. The fourth-order valence-electron chi connectivity index (χ4n) is 2.70. The maximum Gasteiger partial charge on any atom is 0.191 e. The van der Waals surface area contributed by atoms with Crippen molar-refractivity contribution >= 4 is 34.1 Å². The van der Waals surface area contributed by atoms with E-state index in [9.17, 15) is 0 Å². The Balaban J connectivity index is 1.51. The molecule has 0 aliphatic heterocycles. The Hall–Kier alpha value is -2.68. The van der Waals surface area contributed by atoms with Crippen LogP contribution < -0.4 is 16.0 Å². The molecule has 9 heteroatoms. The van der Waals surface area contributed by atoms with Gasteiger partial charge in [-0.25, -0.2) is 9.97 Å². The third kappa shape index (κ3) is 4.94. The van der Waals surface area contributed by atoms with Gasteiger partial charge in [-0.05, 0) is 29.3 Å². The highest BCUT2D eigenvalue weighted by atomic mass is 32.1. The van der Waals surface area contributed by atoms with Crippen molar-refractivity contribution in [3.05, 3.63) is 34.9 Å². The van der Waals surface area contributed by atoms with Crippen LogP contribution in [0.15, 0.2) is 34.3 Å². The number of fused-ring (bicyclic) bond motifs is 1. The normalized spacial score (nSPS) is 12.9. The summed E-state index contributed by atoms with van der Waals surface area (Å²) in [6.45, 7) is 7.29. The summed E-state index contributed by atoms with van der Waals surface area (Å²) in [6, 6.07) is 2.16. The molecular weight excluding hydrogens is 360 g/mol. The first-order valence-corrected chi connectivity index (χ1v) is 10.0. The van der Waals surface area contributed by atoms with Gasteiger partial charge in [-0.3, -0.25) is 9.67 Å². The Labute approximate surface area is 163 Å². The summed E-state index contributed by atoms with van der Waals surface area (Å²) >= 11 is 1.73. The molecule has 144 valence electrons. The minimum absolute atomic E-state index is 0.407. The highest BCUT2D eigenvalue weighted by molar-refractivity contribution is 7.07. The Morgan fingerprint density at radius 3 is 2.96 bits per heavy atom. The predicted octanol–water partition coefficient (Wildman–Crippen LogP) is 2.20. The van der Waals surface area contributed by atoms with Crippen LogP contribution in [0.3, 0.4) is 0 Å². The highest BCUT2D eigenvalue weighted by Crippen LogP contribution is 2.18. The average Bonchev–Trinajstić information content (AvgIpc) is 3.34. The summed E-state index contributed by atoms with van der Waals surface area (Å²) in [6.07, 6.45) is 3.33. The topological polar surface area (TPSA) is 92.1 Å². The largest absolute Gasteiger partial charge is 0.368 e. The standard InChI is InChI=1S/C18H26N8S/c1-4-19-18(22-9-13(2)14-5-8-27-11-14)21-7-6-20-16-15-10-25-26(3)17(15)24-12-23-16/h5,8,10-13H,4,6-7,9H2,1-3H3,(H2,19,21,22)(H,20,23,24). The zero-order valence-corrected chi connectivity index (χ0v) is 16.8. The minimum Gasteiger partial charge on any atom is -0.368 e. The highest BCUT2D eigenvalue weighted by Gasteiger charge is 2.08. The SMILES string of the molecule is CCNC(=NCC(C)c1ccsc1)NCCNc1ncnc2c1cnn2C. The second kappa shape index (κ2) is 9.31. The third-order valence-corrected chi connectivity index (χ3v) is 4.92. The number of aryl methyl sites for hydroxylation is 1. The quantitative estimate of drug-likeness (QED) is 0.312. The molecule has 3 aromatic rings. The number of nitrogens with one attached hydrogen (secondary N) is 3. The molecule has 0 fully saturated rings. The lowest BCUT2D eigenvalue weighted by Crippen LogP contribution is -2.39. The molecule has 0 aromatic carbocycles. The van der Waals surface area contributed by atoms with Crippen molar-refractivity contribution in [2.75, 3.05) is 31.5 Å². The monoisotopic (exact) mass is 386 g/mol. The van der Waals surface area contributed by atoms with E-state index < -0.39 is 0 Å². The van der Waals surface area contributed by atoms with Crippen LogP contribution >= 0.6 is 11.3 Å². The number of hydrogen-bond donors (Lipinski definition) is 3. The van der Waals surface area contributed by atoms with E-state index >= 15 is 0 Å². The first-order valence-electron chi connectivity index (χ1n) is 9.10. The first-order chi connectivity index (χ1) is 13.2. The maximum atomic E-state index is 4.70. The molecule has 0 bridgehead atoms. The maximum absolute atomic E-state index is 4.70. The molecule has 0 radical (unpaired) electrons. The van der Waals surface area contributed by atoms with Crippen LogP contribution in [0.4, 0.5) is 5.82 Å². The van der Waals surface area contributed by atoms with Gasteiger partial charge in [-0.2, -0.15) is 16.4 Å². The van der Waals surface area contributed by atoms with Gasteiger partial charge in [-0.1, -0.05) is 6.92 Å². The third-order valence-electron chi connectivity index (χ3n) is 4.22. The van der Waals surface area contributed by atoms with Crippen LogP contribution in [0, 0.1) is 0 Å². The van der Waals surface area contributed by atoms with Crippen LogP contribution in [-0.4, -0.2) is 51.9 Å². The molecule has 1 unspecified atom stereocenters. The van der Waals surface area contributed by atoms with Crippen LogP contribution in [0.5, 0.6) is 0 Å². The van der Waals surface area contributed by atoms with Gasteiger partial charge in [0.2, 0.25) is 0 Å². The fraction of sp³-hybridized carbons (Fsp3) is 0.444. The number of nitrogens with zero attached hydrogens (tertiary/aromatic N) is 5. The summed E-state index contributed by atoms with van der Waals surface area (Å²) in [5.74, 6) is 2.03. The molecule has 0 aliphatic rings. The molecule has 0 saturated carbocycles. The number of anilines is 1. The van der Waals surface area contributed by atoms with E-state index in [-0.39, 0.29) is 0 Å². The lowest BCUT2D eigenvalue weighted by atomic mass is 10.1. The van der Waals surface area contributed by atoms with Crippen molar-refractivity contribution in [1.82, 2.24) is 30.4 Å². The lowest BCUT2D eigenvalue weighted by Gasteiger charge is -2.13. The van der Waals surface area contributed by atoms with Crippen molar-refractivity contribution in [2.24, 2.45) is 12.0 Å². The molecule has 0 amide bonds. The van der Waals surface area contributed by atoms with Gasteiger partial charge < -0.3 is 16.0 Å². The van der Waals surface area contributed by atoms with Crippen molar-refractivity contribution in [3.63, 3.8) is 0 Å². The summed E-state index contributed by atoms with van der Waals surface area (Å²) in [5, 5.41) is 19.4. The van der Waals surface area contributed by atoms with Crippen LogP contribution in [0.2, 0.25) is 0 Å². The summed E-state index contributed by atoms with van der Waals surface area (Å²) in [5.41, 5.74) is 2.16. The lowest BCUT2D eigenvalue weighted by molar-refractivity contribution is 0.752. The van der Waals surface area contributed by atoms with E-state index in [1.54, 1.807) is 28.5 Å². The Bertz CT molecular complexity index is 871. The number of thiophene rings is 1. The molecule has 0 saturated heterocycles. The molecule has 0 spiro atoms. The van der Waals surface area contributed by atoms with Gasteiger partial charge in [0.15, 0.2) is 11.6 Å². The van der Waals surface area contributed by atoms with Gasteiger partial charge in [0.25, 0.3) is 0 Å². The molecule has 3 N–H and O–H groups in total. The molecule has 8 nitrogen and oxygen atoms in total. The molecular formula is C18H26N8S. The Kier molecular flexibility index (Phi) is 6.59. The van der Waals surface area contributed by atoms with Crippen LogP contribution in [0.25, 0.3) is 11.0 Å². The van der Waals surface area contributed by atoms with Gasteiger partial charge in [0, 0.05) is 39.1 Å². The van der Waals surface area contributed by atoms with Gasteiger partial charge in [-0.15, -0.1) is 0 Å². The Morgan fingerprint density at radius 2 is 2.19 bits per heavy atom. The molecule has 3 rings (SSSR count). The van der Waals surface area contributed by atoms with Crippen LogP contribution in [0.1, 0.15) is 25.3 Å². The molecule has 0 aliphatic carbocycles. The summed E-state index contributed by atoms with van der Waals surface area (Å²) in [4.78, 5) is 13.3. The van der Waals surface area contributed by atoms with Crippen molar-refractivity contribution in [3.8, 4) is 0 Å². The smallest absolute Gasteiger partial charge is 0.191 e. The van der Waals surface area contributed by atoms with Crippen molar-refractivity contribution < 1.29 is 0 Å². The van der Waals surface area contributed by atoms with E-state index in [0.717, 1.165) is 42.4 Å². The summed E-state index contributed by atoms with van der Waals surface area (Å²) < 4.78 is 1.74. The Morgan fingerprint density at radius 1 is 1.30 bits per heavy atom.